The minimum atomic E-state index is -3.88. The summed E-state index contributed by atoms with van der Waals surface area (Å²) in [6.07, 6.45) is 1.62. The van der Waals surface area contributed by atoms with E-state index in [4.69, 9.17) is 9.47 Å². The van der Waals surface area contributed by atoms with Crippen LogP contribution in [0.4, 0.5) is 5.69 Å². The predicted molar refractivity (Wildman–Crippen MR) is 100 cm³/mol. The lowest BCUT2D eigenvalue weighted by molar-refractivity contribution is -0.129. The van der Waals surface area contributed by atoms with Gasteiger partial charge in [0.05, 0.1) is 18.9 Å². The summed E-state index contributed by atoms with van der Waals surface area (Å²) in [5.41, 5.74) is 0.231. The summed E-state index contributed by atoms with van der Waals surface area (Å²) >= 11 is 0. The molecule has 2 rings (SSSR count). The van der Waals surface area contributed by atoms with Gasteiger partial charge < -0.3 is 9.47 Å². The topological polar surface area (TPSA) is 102 Å². The van der Waals surface area contributed by atoms with E-state index >= 15 is 0 Å². The van der Waals surface area contributed by atoms with Crippen LogP contribution in [0, 0.1) is 0 Å². The van der Waals surface area contributed by atoms with E-state index in [0.29, 0.717) is 19.4 Å². The maximum Gasteiger partial charge on any atom is 0.244 e. The van der Waals surface area contributed by atoms with Crippen LogP contribution in [0.1, 0.15) is 39.5 Å². The summed E-state index contributed by atoms with van der Waals surface area (Å²) in [4.78, 5) is 25.2. The van der Waals surface area contributed by atoms with E-state index in [2.05, 4.69) is 4.72 Å². The molecule has 0 bridgehead atoms. The summed E-state index contributed by atoms with van der Waals surface area (Å²) in [6.45, 7) is 4.45. The van der Waals surface area contributed by atoms with Crippen LogP contribution in [0.5, 0.6) is 5.75 Å². The van der Waals surface area contributed by atoms with Crippen molar-refractivity contribution < 1.29 is 27.5 Å². The van der Waals surface area contributed by atoms with Gasteiger partial charge in [-0.05, 0) is 44.9 Å². The van der Waals surface area contributed by atoms with Crippen molar-refractivity contribution in [2.45, 2.75) is 50.5 Å². The zero-order valence-electron chi connectivity index (χ0n) is 15.9. The number of nitrogens with zero attached hydrogens (tertiary/aromatic N) is 1. The Morgan fingerprint density at radius 2 is 1.85 bits per heavy atom. The fourth-order valence-corrected chi connectivity index (χ4v) is 3.99. The van der Waals surface area contributed by atoms with E-state index in [1.165, 1.54) is 25.3 Å². The molecule has 27 heavy (non-hydrogen) atoms. The number of hydrogen-bond acceptors (Lipinski definition) is 6. The van der Waals surface area contributed by atoms with E-state index in [1.807, 2.05) is 13.8 Å². The predicted octanol–water partition coefficient (Wildman–Crippen LogP) is 1.83. The number of anilines is 1. The molecule has 0 atom stereocenters. The van der Waals surface area contributed by atoms with E-state index in [-0.39, 0.29) is 53.6 Å². The zero-order valence-corrected chi connectivity index (χ0v) is 16.7. The van der Waals surface area contributed by atoms with Crippen molar-refractivity contribution in [3.05, 3.63) is 18.2 Å². The smallest absolute Gasteiger partial charge is 0.244 e. The molecule has 8 nitrogen and oxygen atoms in total. The van der Waals surface area contributed by atoms with Gasteiger partial charge in [0.1, 0.15) is 10.6 Å². The van der Waals surface area contributed by atoms with Gasteiger partial charge in [0.25, 0.3) is 0 Å². The first-order valence-corrected chi connectivity index (χ1v) is 10.4. The molecule has 1 aromatic rings. The first-order valence-electron chi connectivity index (χ1n) is 8.91. The Bertz CT molecular complexity index is 775. The van der Waals surface area contributed by atoms with Crippen LogP contribution in [0.3, 0.4) is 0 Å². The number of ether oxygens (including phenoxy) is 2. The number of benzene rings is 1. The van der Waals surface area contributed by atoms with Crippen LogP contribution in [0.25, 0.3) is 0 Å². The van der Waals surface area contributed by atoms with Crippen molar-refractivity contribution in [3.63, 3.8) is 0 Å². The highest BCUT2D eigenvalue weighted by atomic mass is 32.2. The molecule has 0 unspecified atom stereocenters. The number of nitrogens with one attached hydrogen (secondary N) is 1. The molecule has 0 aliphatic carbocycles. The number of sulfonamides is 1. The number of carbonyl (C=O) groups excluding carboxylic acids is 2. The minimum Gasteiger partial charge on any atom is -0.495 e. The second kappa shape index (κ2) is 9.29. The standard InChI is InChI=1S/C18H26N2O6S/c1-13(2)26-11-5-10-19-27(23,24)16-12-14(8-9-15(16)25-3)20-17(21)6-4-7-18(20)22/h8-9,12-13,19H,4-7,10-11H2,1-3H3. The zero-order chi connectivity index (χ0) is 20.0. The third kappa shape index (κ3) is 5.50. The van der Waals surface area contributed by atoms with Crippen LogP contribution in [-0.2, 0) is 24.3 Å². The van der Waals surface area contributed by atoms with E-state index in [0.717, 1.165) is 4.90 Å². The normalized spacial score (nSPS) is 15.5. The Labute approximate surface area is 159 Å². The lowest BCUT2D eigenvalue weighted by Gasteiger charge is -2.25. The van der Waals surface area contributed by atoms with E-state index < -0.39 is 10.0 Å². The maximum absolute atomic E-state index is 12.7. The van der Waals surface area contributed by atoms with E-state index in [1.54, 1.807) is 0 Å². The number of amides is 2. The maximum atomic E-state index is 12.7. The van der Waals surface area contributed by atoms with Crippen molar-refractivity contribution in [2.24, 2.45) is 0 Å². The first kappa shape index (κ1) is 21.3. The van der Waals surface area contributed by atoms with Crippen molar-refractivity contribution in [3.8, 4) is 5.75 Å². The molecule has 150 valence electrons. The molecular formula is C18H26N2O6S. The Morgan fingerprint density at radius 1 is 1.19 bits per heavy atom. The highest BCUT2D eigenvalue weighted by Crippen LogP contribution is 2.31. The lowest BCUT2D eigenvalue weighted by atomic mass is 10.1. The fraction of sp³-hybridized carbons (Fsp3) is 0.556. The number of piperidine rings is 1. The van der Waals surface area contributed by atoms with Crippen molar-refractivity contribution in [2.75, 3.05) is 25.2 Å². The van der Waals surface area contributed by atoms with Gasteiger partial charge in [-0.15, -0.1) is 0 Å². The second-order valence-electron chi connectivity index (χ2n) is 6.48. The Balaban J connectivity index is 2.21. The van der Waals surface area contributed by atoms with Crippen molar-refractivity contribution in [1.29, 1.82) is 0 Å². The molecule has 1 fully saturated rings. The molecule has 1 saturated heterocycles. The van der Waals surface area contributed by atoms with Gasteiger partial charge in [-0.3, -0.25) is 14.5 Å². The van der Waals surface area contributed by atoms with Gasteiger partial charge in [-0.25, -0.2) is 13.1 Å². The quantitative estimate of drug-likeness (QED) is 0.503. The Kier molecular flexibility index (Phi) is 7.34. The number of rotatable bonds is 9. The molecule has 9 heteroatoms. The highest BCUT2D eigenvalue weighted by molar-refractivity contribution is 7.89. The second-order valence-corrected chi connectivity index (χ2v) is 8.22. The Hall–Kier alpha value is -1.97. The number of hydrogen-bond donors (Lipinski definition) is 1. The summed E-state index contributed by atoms with van der Waals surface area (Å²) in [6, 6.07) is 4.25. The highest BCUT2D eigenvalue weighted by Gasteiger charge is 2.29. The average Bonchev–Trinajstić information content (AvgIpc) is 2.61. The van der Waals surface area contributed by atoms with Crippen molar-refractivity contribution in [1.82, 2.24) is 4.72 Å². The molecule has 0 saturated carbocycles. The summed E-state index contributed by atoms with van der Waals surface area (Å²) in [5.74, 6) is -0.529. The van der Waals surface area contributed by atoms with Crippen LogP contribution in [0.2, 0.25) is 0 Å². The van der Waals surface area contributed by atoms with Crippen LogP contribution >= 0.6 is 0 Å². The van der Waals surface area contributed by atoms with Gasteiger partial charge >= 0.3 is 0 Å². The molecule has 0 aromatic heterocycles. The minimum absolute atomic E-state index is 0.0815. The molecule has 1 aliphatic heterocycles. The molecule has 1 N–H and O–H groups in total. The lowest BCUT2D eigenvalue weighted by Crippen LogP contribution is -2.40. The number of methoxy groups -OCH3 is 1. The molecule has 2 amide bonds. The van der Waals surface area contributed by atoms with Gasteiger partial charge in [0, 0.05) is 26.0 Å². The monoisotopic (exact) mass is 398 g/mol. The first-order chi connectivity index (χ1) is 12.8. The Morgan fingerprint density at radius 3 is 2.44 bits per heavy atom. The van der Waals surface area contributed by atoms with Gasteiger partial charge in [-0.2, -0.15) is 0 Å². The number of carbonyl (C=O) groups is 2. The largest absolute Gasteiger partial charge is 0.495 e. The van der Waals surface area contributed by atoms with Gasteiger partial charge in [-0.1, -0.05) is 0 Å². The fourth-order valence-electron chi connectivity index (χ4n) is 2.73. The van der Waals surface area contributed by atoms with E-state index in [9.17, 15) is 18.0 Å². The molecular weight excluding hydrogens is 372 g/mol. The average molecular weight is 398 g/mol. The van der Waals surface area contributed by atoms with Crippen LogP contribution < -0.4 is 14.4 Å². The summed E-state index contributed by atoms with van der Waals surface area (Å²) in [5, 5.41) is 0. The summed E-state index contributed by atoms with van der Waals surface area (Å²) < 4.78 is 38.4. The summed E-state index contributed by atoms with van der Waals surface area (Å²) in [7, 11) is -2.52. The third-order valence-corrected chi connectivity index (χ3v) is 5.52. The third-order valence-electron chi connectivity index (χ3n) is 4.04. The number of imide groups is 1. The van der Waals surface area contributed by atoms with Gasteiger partial charge in [0.2, 0.25) is 21.8 Å². The molecule has 1 aromatic carbocycles. The molecule has 1 aliphatic rings. The van der Waals surface area contributed by atoms with Gasteiger partial charge in [0.15, 0.2) is 0 Å². The van der Waals surface area contributed by atoms with Crippen LogP contribution in [-0.4, -0.2) is 46.6 Å². The molecule has 0 radical (unpaired) electrons. The molecule has 0 spiro atoms. The SMILES string of the molecule is COc1ccc(N2C(=O)CCCC2=O)cc1S(=O)(=O)NCCCOC(C)C. The van der Waals surface area contributed by atoms with Crippen LogP contribution in [0.15, 0.2) is 23.1 Å². The molecule has 1 heterocycles. The van der Waals surface area contributed by atoms with Crippen molar-refractivity contribution >= 4 is 27.5 Å².